The minimum absolute atomic E-state index is 0.0190. The summed E-state index contributed by atoms with van der Waals surface area (Å²) >= 11 is 3.50. The van der Waals surface area contributed by atoms with Gasteiger partial charge in [-0.2, -0.15) is 0 Å². The molecule has 1 aromatic rings. The summed E-state index contributed by atoms with van der Waals surface area (Å²) in [6.45, 7) is 7.14. The van der Waals surface area contributed by atoms with Crippen LogP contribution in [0.1, 0.15) is 32.4 Å². The molecular weight excluding hydrogens is 294 g/mol. The Kier molecular flexibility index (Phi) is 3.99. The van der Waals surface area contributed by atoms with E-state index in [4.69, 9.17) is 9.47 Å². The predicted octanol–water partition coefficient (Wildman–Crippen LogP) is 3.29. The summed E-state index contributed by atoms with van der Waals surface area (Å²) in [6.07, 6.45) is 0.0190. The van der Waals surface area contributed by atoms with Gasteiger partial charge < -0.3 is 14.8 Å². The highest BCUT2D eigenvalue weighted by Gasteiger charge is 2.34. The van der Waals surface area contributed by atoms with Crippen molar-refractivity contribution in [3.05, 3.63) is 28.2 Å². The summed E-state index contributed by atoms with van der Waals surface area (Å²) in [5.74, 6) is 0.872. The third kappa shape index (κ3) is 2.87. The van der Waals surface area contributed by atoms with Crippen LogP contribution in [0.4, 0.5) is 0 Å². The summed E-state index contributed by atoms with van der Waals surface area (Å²) in [5, 5.41) is 3.58. The van der Waals surface area contributed by atoms with E-state index in [1.807, 2.05) is 12.1 Å². The minimum atomic E-state index is 0.0190. The Hall–Kier alpha value is -0.580. The smallest absolute Gasteiger partial charge is 0.124 e. The second-order valence-corrected chi connectivity index (χ2v) is 6.35. The van der Waals surface area contributed by atoms with Crippen LogP contribution in [0.2, 0.25) is 0 Å². The predicted molar refractivity (Wildman–Crippen MR) is 76.1 cm³/mol. The lowest BCUT2D eigenvalue weighted by molar-refractivity contribution is -0.0504. The van der Waals surface area contributed by atoms with Crippen molar-refractivity contribution in [1.82, 2.24) is 5.32 Å². The van der Waals surface area contributed by atoms with E-state index < -0.39 is 0 Å². The quantitative estimate of drug-likeness (QED) is 0.909. The van der Waals surface area contributed by atoms with Crippen molar-refractivity contribution in [3.63, 3.8) is 0 Å². The third-order valence-corrected chi connectivity index (χ3v) is 3.69. The topological polar surface area (TPSA) is 30.5 Å². The number of halogens is 1. The van der Waals surface area contributed by atoms with Crippen LogP contribution in [0.5, 0.6) is 5.75 Å². The highest BCUT2D eigenvalue weighted by Crippen LogP contribution is 2.35. The highest BCUT2D eigenvalue weighted by atomic mass is 79.9. The van der Waals surface area contributed by atoms with Crippen LogP contribution in [0, 0.1) is 0 Å². The van der Waals surface area contributed by atoms with Gasteiger partial charge in [0.1, 0.15) is 11.9 Å². The summed E-state index contributed by atoms with van der Waals surface area (Å²) in [6, 6.07) is 6.26. The number of morpholine rings is 1. The summed E-state index contributed by atoms with van der Waals surface area (Å²) in [4.78, 5) is 0. The second kappa shape index (κ2) is 5.19. The van der Waals surface area contributed by atoms with E-state index in [1.54, 1.807) is 7.11 Å². The molecule has 0 aliphatic carbocycles. The second-order valence-electron chi connectivity index (χ2n) is 5.43. The summed E-state index contributed by atoms with van der Waals surface area (Å²) < 4.78 is 12.5. The van der Waals surface area contributed by atoms with Gasteiger partial charge in [0.05, 0.1) is 13.7 Å². The lowest BCUT2D eigenvalue weighted by Crippen LogP contribution is -2.55. The van der Waals surface area contributed by atoms with Gasteiger partial charge in [-0.05, 0) is 39.0 Å². The van der Waals surface area contributed by atoms with Gasteiger partial charge in [0, 0.05) is 21.6 Å². The maximum atomic E-state index is 6.03. The Morgan fingerprint density at radius 1 is 1.44 bits per heavy atom. The molecule has 2 rings (SSSR count). The first-order valence-electron chi connectivity index (χ1n) is 6.16. The van der Waals surface area contributed by atoms with E-state index in [0.717, 1.165) is 15.8 Å². The van der Waals surface area contributed by atoms with Gasteiger partial charge in [-0.25, -0.2) is 0 Å². The SMILES string of the molecule is COc1ccc(Br)cc1C1OCC(C)(C)NC1C. The number of ether oxygens (including phenoxy) is 2. The van der Waals surface area contributed by atoms with Crippen molar-refractivity contribution in [2.45, 2.75) is 38.5 Å². The summed E-state index contributed by atoms with van der Waals surface area (Å²) in [7, 11) is 1.69. The zero-order valence-electron chi connectivity index (χ0n) is 11.3. The molecule has 1 heterocycles. The van der Waals surface area contributed by atoms with Crippen molar-refractivity contribution in [2.24, 2.45) is 0 Å². The molecule has 1 fully saturated rings. The lowest BCUT2D eigenvalue weighted by Gasteiger charge is -2.41. The van der Waals surface area contributed by atoms with Gasteiger partial charge in [0.25, 0.3) is 0 Å². The number of nitrogens with one attached hydrogen (secondary N) is 1. The molecular formula is C14H20BrNO2. The first-order chi connectivity index (χ1) is 8.43. The Morgan fingerprint density at radius 3 is 2.78 bits per heavy atom. The molecule has 3 nitrogen and oxygen atoms in total. The molecule has 0 spiro atoms. The largest absolute Gasteiger partial charge is 0.496 e. The molecule has 1 aliphatic rings. The van der Waals surface area contributed by atoms with Gasteiger partial charge in [-0.3, -0.25) is 0 Å². The van der Waals surface area contributed by atoms with Crippen LogP contribution in [0.15, 0.2) is 22.7 Å². The number of benzene rings is 1. The van der Waals surface area contributed by atoms with Crippen LogP contribution in [0.25, 0.3) is 0 Å². The van der Waals surface area contributed by atoms with Crippen molar-refractivity contribution < 1.29 is 9.47 Å². The fourth-order valence-corrected chi connectivity index (χ4v) is 2.84. The monoisotopic (exact) mass is 313 g/mol. The Morgan fingerprint density at radius 2 is 2.17 bits per heavy atom. The maximum absolute atomic E-state index is 6.03. The van der Waals surface area contributed by atoms with Crippen LogP contribution >= 0.6 is 15.9 Å². The van der Waals surface area contributed by atoms with E-state index in [-0.39, 0.29) is 17.7 Å². The van der Waals surface area contributed by atoms with Crippen molar-refractivity contribution in [2.75, 3.05) is 13.7 Å². The molecule has 18 heavy (non-hydrogen) atoms. The lowest BCUT2D eigenvalue weighted by atomic mass is 9.95. The maximum Gasteiger partial charge on any atom is 0.124 e. The van der Waals surface area contributed by atoms with Crippen LogP contribution in [-0.4, -0.2) is 25.3 Å². The highest BCUT2D eigenvalue weighted by molar-refractivity contribution is 9.10. The minimum Gasteiger partial charge on any atom is -0.496 e. The van der Waals surface area contributed by atoms with E-state index in [9.17, 15) is 0 Å². The van der Waals surface area contributed by atoms with Crippen molar-refractivity contribution in [3.8, 4) is 5.75 Å². The molecule has 4 heteroatoms. The molecule has 100 valence electrons. The molecule has 2 atom stereocenters. The number of rotatable bonds is 2. The molecule has 0 saturated carbocycles. The van der Waals surface area contributed by atoms with Gasteiger partial charge >= 0.3 is 0 Å². The Labute approximate surface area is 117 Å². The fraction of sp³-hybridized carbons (Fsp3) is 0.571. The van der Waals surface area contributed by atoms with Crippen molar-refractivity contribution in [1.29, 1.82) is 0 Å². The zero-order valence-corrected chi connectivity index (χ0v) is 12.9. The molecule has 1 saturated heterocycles. The van der Waals surface area contributed by atoms with Crippen LogP contribution < -0.4 is 10.1 Å². The van der Waals surface area contributed by atoms with E-state index in [0.29, 0.717) is 6.61 Å². The molecule has 1 aromatic carbocycles. The molecule has 0 aromatic heterocycles. The average molecular weight is 314 g/mol. The van der Waals surface area contributed by atoms with Crippen LogP contribution in [0.3, 0.4) is 0 Å². The fourth-order valence-electron chi connectivity index (χ4n) is 2.46. The average Bonchev–Trinajstić information content (AvgIpc) is 2.28. The first-order valence-corrected chi connectivity index (χ1v) is 6.95. The zero-order chi connectivity index (χ0) is 13.3. The number of hydrogen-bond acceptors (Lipinski definition) is 3. The summed E-state index contributed by atoms with van der Waals surface area (Å²) in [5.41, 5.74) is 1.11. The standard InChI is InChI=1S/C14H20BrNO2/c1-9-13(18-8-14(2,3)16-9)11-7-10(15)5-6-12(11)17-4/h5-7,9,13,16H,8H2,1-4H3. The number of methoxy groups -OCH3 is 1. The number of hydrogen-bond donors (Lipinski definition) is 1. The Balaban J connectivity index is 2.29. The first kappa shape index (κ1) is 13.8. The van der Waals surface area contributed by atoms with E-state index in [1.165, 1.54) is 0 Å². The Bertz CT molecular complexity index is 434. The third-order valence-electron chi connectivity index (χ3n) is 3.19. The molecule has 1 N–H and O–H groups in total. The molecule has 1 aliphatic heterocycles. The van der Waals surface area contributed by atoms with Gasteiger partial charge in [-0.15, -0.1) is 0 Å². The molecule has 2 unspecified atom stereocenters. The van der Waals surface area contributed by atoms with Gasteiger partial charge in [-0.1, -0.05) is 15.9 Å². The molecule has 0 bridgehead atoms. The normalized spacial score (nSPS) is 26.9. The van der Waals surface area contributed by atoms with Crippen LogP contribution in [-0.2, 0) is 4.74 Å². The van der Waals surface area contributed by atoms with Gasteiger partial charge in [0.2, 0.25) is 0 Å². The van der Waals surface area contributed by atoms with Crippen molar-refractivity contribution >= 4 is 15.9 Å². The van der Waals surface area contributed by atoms with Gasteiger partial charge in [0.15, 0.2) is 0 Å². The van der Waals surface area contributed by atoms with E-state index >= 15 is 0 Å². The van der Waals surface area contributed by atoms with E-state index in [2.05, 4.69) is 48.1 Å². The molecule has 0 amide bonds. The molecule has 0 radical (unpaired) electrons.